The van der Waals surface area contributed by atoms with Gasteiger partial charge in [-0.3, -0.25) is 4.79 Å². The fourth-order valence-electron chi connectivity index (χ4n) is 2.20. The third kappa shape index (κ3) is 1.86. The van der Waals surface area contributed by atoms with E-state index in [9.17, 15) is 9.59 Å². The van der Waals surface area contributed by atoms with Gasteiger partial charge < -0.3 is 5.11 Å². The van der Waals surface area contributed by atoms with Crippen LogP contribution in [0.1, 0.15) is 25.0 Å². The Hall–Kier alpha value is -1.55. The van der Waals surface area contributed by atoms with E-state index < -0.39 is 11.4 Å². The number of benzene rings is 1. The summed E-state index contributed by atoms with van der Waals surface area (Å²) < 4.78 is 0. The Bertz CT molecular complexity index is 570. The molecular weight excluding hydrogens is 248 g/mol. The minimum Gasteiger partial charge on any atom is -0.478 e. The number of hydrogen-bond acceptors (Lipinski definition) is 3. The number of fused-ring (bicyclic) bond motifs is 1. The van der Waals surface area contributed by atoms with Gasteiger partial charge >= 0.3 is 5.97 Å². The predicted octanol–water partition coefficient (Wildman–Crippen LogP) is 2.74. The molecule has 1 N–H and O–H groups in total. The maximum Gasteiger partial charge on any atom is 0.339 e. The van der Waals surface area contributed by atoms with Crippen LogP contribution < -0.4 is 0 Å². The van der Waals surface area contributed by atoms with Gasteiger partial charge in [0.25, 0.3) is 0 Å². The van der Waals surface area contributed by atoms with Crippen LogP contribution in [0.5, 0.6) is 0 Å². The second kappa shape index (κ2) is 4.28. The number of Topliss-reactive ketones (excluding diaryl/α,β-unsaturated/α-hetero) is 1. The van der Waals surface area contributed by atoms with Gasteiger partial charge in [0, 0.05) is 4.90 Å². The maximum absolute atomic E-state index is 12.2. The van der Waals surface area contributed by atoms with Crippen molar-refractivity contribution in [3.05, 3.63) is 34.9 Å². The van der Waals surface area contributed by atoms with E-state index in [1.807, 2.05) is 24.5 Å². The van der Waals surface area contributed by atoms with E-state index in [0.717, 1.165) is 16.0 Å². The molecule has 1 aromatic carbocycles. The molecule has 0 radical (unpaired) electrons. The van der Waals surface area contributed by atoms with E-state index in [1.165, 1.54) is 6.08 Å². The Morgan fingerprint density at radius 3 is 2.56 bits per heavy atom. The lowest BCUT2D eigenvalue weighted by Crippen LogP contribution is -2.36. The zero-order valence-corrected chi connectivity index (χ0v) is 11.3. The first-order chi connectivity index (χ1) is 8.37. The molecule has 18 heavy (non-hydrogen) atoms. The van der Waals surface area contributed by atoms with Crippen molar-refractivity contribution in [3.63, 3.8) is 0 Å². The highest BCUT2D eigenvalue weighted by Gasteiger charge is 2.39. The van der Waals surface area contributed by atoms with Gasteiger partial charge in [0.2, 0.25) is 0 Å². The summed E-state index contributed by atoms with van der Waals surface area (Å²) in [4.78, 5) is 24.3. The standard InChI is InChI=1S/C14H14O3S/c1-14(2)11-5-4-9(18-3)6-8(11)7-10(12(14)15)13(16)17/h4-7H,1-3H3,(H,16,17). The molecule has 0 atom stereocenters. The molecule has 1 aromatic rings. The van der Waals surface area contributed by atoms with Crippen LogP contribution in [0, 0.1) is 0 Å². The predicted molar refractivity (Wildman–Crippen MR) is 71.9 cm³/mol. The average Bonchev–Trinajstić information content (AvgIpc) is 2.33. The minimum absolute atomic E-state index is 0.134. The normalized spacial score (nSPS) is 17.1. The van der Waals surface area contributed by atoms with Gasteiger partial charge in [-0.15, -0.1) is 11.8 Å². The fourth-order valence-corrected chi connectivity index (χ4v) is 2.64. The highest BCUT2D eigenvalue weighted by molar-refractivity contribution is 7.98. The van der Waals surface area contributed by atoms with E-state index in [2.05, 4.69) is 0 Å². The van der Waals surface area contributed by atoms with Gasteiger partial charge in [-0.1, -0.05) is 6.07 Å². The maximum atomic E-state index is 12.2. The number of rotatable bonds is 2. The van der Waals surface area contributed by atoms with E-state index >= 15 is 0 Å². The lowest BCUT2D eigenvalue weighted by molar-refractivity contribution is -0.135. The van der Waals surface area contributed by atoms with Crippen molar-refractivity contribution in [1.82, 2.24) is 0 Å². The molecule has 0 saturated heterocycles. The number of carbonyl (C=O) groups is 2. The molecule has 0 saturated carbocycles. The number of carbonyl (C=O) groups excluding carboxylic acids is 1. The van der Waals surface area contributed by atoms with Gasteiger partial charge in [-0.2, -0.15) is 0 Å². The number of hydrogen-bond donors (Lipinski definition) is 1. The Morgan fingerprint density at radius 2 is 2.00 bits per heavy atom. The largest absolute Gasteiger partial charge is 0.478 e. The number of aliphatic carboxylic acids is 1. The number of ketones is 1. The van der Waals surface area contributed by atoms with Crippen LogP contribution in [-0.4, -0.2) is 23.1 Å². The van der Waals surface area contributed by atoms with E-state index in [0.29, 0.717) is 0 Å². The first kappa shape index (κ1) is 12.9. The third-order valence-electron chi connectivity index (χ3n) is 3.27. The summed E-state index contributed by atoms with van der Waals surface area (Å²) in [5, 5.41) is 9.10. The molecule has 1 aliphatic carbocycles. The summed E-state index contributed by atoms with van der Waals surface area (Å²) in [6.07, 6.45) is 3.44. The highest BCUT2D eigenvalue weighted by atomic mass is 32.2. The van der Waals surface area contributed by atoms with Crippen molar-refractivity contribution in [2.45, 2.75) is 24.2 Å². The fraction of sp³-hybridized carbons (Fsp3) is 0.286. The summed E-state index contributed by atoms with van der Waals surface area (Å²) in [5.41, 5.74) is 0.791. The second-order valence-electron chi connectivity index (χ2n) is 4.77. The SMILES string of the molecule is CSc1ccc2c(c1)C=C(C(=O)O)C(=O)C2(C)C. The molecule has 3 nitrogen and oxygen atoms in total. The van der Waals surface area contributed by atoms with Gasteiger partial charge in [0.15, 0.2) is 5.78 Å². The van der Waals surface area contributed by atoms with Gasteiger partial charge in [0.1, 0.15) is 5.57 Å². The second-order valence-corrected chi connectivity index (χ2v) is 5.65. The summed E-state index contributed by atoms with van der Waals surface area (Å²) in [6, 6.07) is 5.80. The van der Waals surface area contributed by atoms with Crippen LogP contribution in [0.3, 0.4) is 0 Å². The van der Waals surface area contributed by atoms with Crippen LogP contribution in [0.15, 0.2) is 28.7 Å². The molecule has 0 aliphatic heterocycles. The van der Waals surface area contributed by atoms with Crippen molar-refractivity contribution >= 4 is 29.6 Å². The molecule has 0 spiro atoms. The summed E-state index contributed by atoms with van der Waals surface area (Å²) in [5.74, 6) is -1.49. The van der Waals surface area contributed by atoms with E-state index in [-0.39, 0.29) is 11.4 Å². The summed E-state index contributed by atoms with van der Waals surface area (Å²) >= 11 is 1.59. The molecule has 1 aliphatic rings. The van der Waals surface area contributed by atoms with Crippen molar-refractivity contribution < 1.29 is 14.7 Å². The van der Waals surface area contributed by atoms with Crippen LogP contribution >= 0.6 is 11.8 Å². The molecule has 0 aromatic heterocycles. The van der Waals surface area contributed by atoms with Crippen molar-refractivity contribution in [1.29, 1.82) is 0 Å². The van der Waals surface area contributed by atoms with Crippen LogP contribution in [-0.2, 0) is 15.0 Å². The Kier molecular flexibility index (Phi) is 3.07. The number of thioether (sulfide) groups is 1. The molecular formula is C14H14O3S. The average molecular weight is 262 g/mol. The Morgan fingerprint density at radius 1 is 1.33 bits per heavy atom. The quantitative estimate of drug-likeness (QED) is 0.657. The molecule has 2 rings (SSSR count). The lowest BCUT2D eigenvalue weighted by atomic mass is 9.72. The van der Waals surface area contributed by atoms with E-state index in [4.69, 9.17) is 5.11 Å². The lowest BCUT2D eigenvalue weighted by Gasteiger charge is -2.29. The zero-order chi connectivity index (χ0) is 13.5. The first-order valence-electron chi connectivity index (χ1n) is 5.56. The van der Waals surface area contributed by atoms with Crippen molar-refractivity contribution in [2.24, 2.45) is 0 Å². The smallest absolute Gasteiger partial charge is 0.339 e. The monoisotopic (exact) mass is 262 g/mol. The molecule has 0 heterocycles. The molecule has 4 heteroatoms. The first-order valence-corrected chi connectivity index (χ1v) is 6.78. The van der Waals surface area contributed by atoms with Crippen molar-refractivity contribution in [3.8, 4) is 0 Å². The molecule has 0 amide bonds. The zero-order valence-electron chi connectivity index (χ0n) is 10.5. The van der Waals surface area contributed by atoms with Gasteiger partial charge in [-0.05, 0) is 49.4 Å². The third-order valence-corrected chi connectivity index (χ3v) is 4.00. The van der Waals surface area contributed by atoms with Crippen LogP contribution in [0.25, 0.3) is 6.08 Å². The molecule has 94 valence electrons. The topological polar surface area (TPSA) is 54.4 Å². The highest BCUT2D eigenvalue weighted by Crippen LogP contribution is 2.37. The molecule has 0 unspecified atom stereocenters. The molecule has 0 bridgehead atoms. The van der Waals surface area contributed by atoms with Gasteiger partial charge in [-0.25, -0.2) is 4.79 Å². The van der Waals surface area contributed by atoms with Crippen LogP contribution in [0.2, 0.25) is 0 Å². The van der Waals surface area contributed by atoms with Crippen molar-refractivity contribution in [2.75, 3.05) is 6.26 Å². The summed E-state index contributed by atoms with van der Waals surface area (Å²) in [6.45, 7) is 3.53. The molecule has 0 fully saturated rings. The number of carboxylic acids is 1. The Labute approximate surface area is 110 Å². The van der Waals surface area contributed by atoms with Crippen LogP contribution in [0.4, 0.5) is 0 Å². The van der Waals surface area contributed by atoms with E-state index in [1.54, 1.807) is 25.6 Å². The minimum atomic E-state index is -1.16. The Balaban J connectivity index is 2.69. The number of carboxylic acid groups (broad SMARTS) is 1. The summed E-state index contributed by atoms with van der Waals surface area (Å²) in [7, 11) is 0. The van der Waals surface area contributed by atoms with Gasteiger partial charge in [0.05, 0.1) is 5.41 Å².